The largest absolute Gasteiger partial charge is 0.454 e. The van der Waals surface area contributed by atoms with Crippen molar-refractivity contribution in [2.45, 2.75) is 205 Å². The number of rotatable bonds is 40. The summed E-state index contributed by atoms with van der Waals surface area (Å²) in [6.45, 7) is 5.39. The summed E-state index contributed by atoms with van der Waals surface area (Å²) in [5, 5.41) is 56.5. The van der Waals surface area contributed by atoms with E-state index in [-0.39, 0.29) is 19.4 Å². The minimum atomic E-state index is -1.66. The van der Waals surface area contributed by atoms with E-state index in [2.05, 4.69) is 80.8 Å². The second kappa shape index (κ2) is 45.0. The predicted molar refractivity (Wildman–Crippen MR) is 282 cm³/mol. The normalized spacial score (nSPS) is 21.0. The molecule has 1 amide bonds. The lowest BCUT2D eigenvalue weighted by Crippen LogP contribution is -2.61. The van der Waals surface area contributed by atoms with Crippen LogP contribution in [0.1, 0.15) is 156 Å². The van der Waals surface area contributed by atoms with Crippen molar-refractivity contribution in [3.8, 4) is 0 Å². The summed E-state index contributed by atoms with van der Waals surface area (Å²) in [5.41, 5.74) is 0. The molecule has 1 heterocycles. The van der Waals surface area contributed by atoms with Gasteiger partial charge < -0.3 is 45.1 Å². The minimum absolute atomic E-state index is 0.0121. The number of aliphatic hydroxyl groups excluding tert-OH is 5. The molecule has 388 valence electrons. The number of amides is 1. The summed E-state index contributed by atoms with van der Waals surface area (Å²) in [6, 6.07) is -1.08. The Morgan fingerprint density at radius 1 is 0.594 bits per heavy atom. The van der Waals surface area contributed by atoms with Crippen LogP contribution >= 0.6 is 0 Å². The van der Waals surface area contributed by atoms with Gasteiger partial charge in [-0.05, 0) is 77.0 Å². The van der Waals surface area contributed by atoms with Gasteiger partial charge in [0.05, 0.1) is 25.4 Å². The lowest BCUT2D eigenvalue weighted by atomic mass is 9.99. The highest BCUT2D eigenvalue weighted by Gasteiger charge is 2.47. The molecular formula is C58H91NO10. The van der Waals surface area contributed by atoms with Crippen molar-refractivity contribution in [1.82, 2.24) is 5.32 Å². The third-order valence-corrected chi connectivity index (χ3v) is 11.2. The van der Waals surface area contributed by atoms with E-state index < -0.39 is 67.4 Å². The summed E-state index contributed by atoms with van der Waals surface area (Å²) in [7, 11) is 0. The number of esters is 1. The molecule has 11 nitrogen and oxygen atoms in total. The Hall–Kier alpha value is -4.20. The Balaban J connectivity index is 2.88. The van der Waals surface area contributed by atoms with Gasteiger partial charge in [-0.1, -0.05) is 206 Å². The van der Waals surface area contributed by atoms with Crippen LogP contribution in [-0.2, 0) is 23.8 Å². The standard InChI is InChI=1S/C58H91NO10/c1-4-7-10-13-16-19-22-24-25-26-28-30-33-36-39-42-45-51(62)57(66)59-49(50(61)44-41-38-35-32-29-21-18-15-12-9-6-3)48-67-58-56(55(65)54(64)52(47-60)68-58)69-53(63)46-43-40-37-34-31-27-23-20-17-14-11-8-5-2/h7-8,10-11,14,16-17,19-20,23-25,27-28,30-31,34,36-37,39,41,44,49-52,54-56,58,60-62,64-65H,4-6,9,12-13,15,18,21-22,26,29,32-33,35,38,40,42-43,45-48H2,1-3H3,(H,59,66)/b10-7-,11-8+,17-14+,19-16-,23-20-,25-24-,30-28-,31-27-,37-34+,39-36-,44-41+. The number of allylic oxidation sites excluding steroid dienone is 21. The van der Waals surface area contributed by atoms with Crippen LogP contribution in [0.15, 0.2) is 134 Å². The van der Waals surface area contributed by atoms with E-state index in [0.29, 0.717) is 19.3 Å². The van der Waals surface area contributed by atoms with Gasteiger partial charge in [0.1, 0.15) is 24.4 Å². The van der Waals surface area contributed by atoms with Gasteiger partial charge in [0.2, 0.25) is 5.91 Å². The zero-order valence-electron chi connectivity index (χ0n) is 42.4. The number of carbonyl (C=O) groups is 2. The Bertz CT molecular complexity index is 1620. The molecule has 0 aliphatic carbocycles. The van der Waals surface area contributed by atoms with E-state index in [1.807, 2.05) is 72.9 Å². The molecule has 8 unspecified atom stereocenters. The summed E-state index contributed by atoms with van der Waals surface area (Å²) in [6.07, 6.45) is 52.4. The molecule has 0 spiro atoms. The van der Waals surface area contributed by atoms with Gasteiger partial charge in [-0.15, -0.1) is 0 Å². The van der Waals surface area contributed by atoms with Crippen LogP contribution in [0.5, 0.6) is 0 Å². The maximum Gasteiger partial charge on any atom is 0.306 e. The average molecular weight is 962 g/mol. The number of ether oxygens (including phenoxy) is 3. The van der Waals surface area contributed by atoms with E-state index in [4.69, 9.17) is 14.2 Å². The topological polar surface area (TPSA) is 175 Å². The maximum atomic E-state index is 13.3. The molecule has 1 rings (SSSR count). The minimum Gasteiger partial charge on any atom is -0.454 e. The molecule has 1 aliphatic rings. The van der Waals surface area contributed by atoms with Crippen LogP contribution in [-0.4, -0.2) is 99.6 Å². The summed E-state index contributed by atoms with van der Waals surface area (Å²) in [5.74, 6) is -1.35. The van der Waals surface area contributed by atoms with Gasteiger partial charge in [0.25, 0.3) is 0 Å². The first-order chi connectivity index (χ1) is 33.7. The van der Waals surface area contributed by atoms with Crippen LogP contribution in [0.2, 0.25) is 0 Å². The van der Waals surface area contributed by atoms with Crippen molar-refractivity contribution in [1.29, 1.82) is 0 Å². The molecule has 6 N–H and O–H groups in total. The molecule has 1 saturated heterocycles. The molecule has 0 bridgehead atoms. The third kappa shape index (κ3) is 33.9. The molecule has 11 heteroatoms. The molecule has 8 atom stereocenters. The summed E-state index contributed by atoms with van der Waals surface area (Å²) in [4.78, 5) is 26.3. The third-order valence-electron chi connectivity index (χ3n) is 11.2. The van der Waals surface area contributed by atoms with Crippen molar-refractivity contribution in [2.24, 2.45) is 0 Å². The van der Waals surface area contributed by atoms with Gasteiger partial charge in [-0.3, -0.25) is 9.59 Å². The lowest BCUT2D eigenvalue weighted by Gasteiger charge is -2.41. The molecule has 1 aliphatic heterocycles. The smallest absolute Gasteiger partial charge is 0.306 e. The first-order valence-electron chi connectivity index (χ1n) is 26.0. The Labute approximate surface area is 416 Å². The van der Waals surface area contributed by atoms with Crippen LogP contribution in [0, 0.1) is 0 Å². The van der Waals surface area contributed by atoms with E-state index in [9.17, 15) is 35.1 Å². The van der Waals surface area contributed by atoms with Crippen LogP contribution < -0.4 is 5.32 Å². The molecule has 69 heavy (non-hydrogen) atoms. The average Bonchev–Trinajstić information content (AvgIpc) is 3.34. The number of hydrogen-bond donors (Lipinski definition) is 6. The first kappa shape index (κ1) is 62.8. The Morgan fingerprint density at radius 2 is 1.12 bits per heavy atom. The molecule has 0 radical (unpaired) electrons. The van der Waals surface area contributed by atoms with Gasteiger partial charge in [0, 0.05) is 6.42 Å². The van der Waals surface area contributed by atoms with Gasteiger partial charge in [-0.25, -0.2) is 0 Å². The predicted octanol–water partition coefficient (Wildman–Crippen LogP) is 10.9. The number of carbonyl (C=O) groups excluding carboxylic acids is 2. The second-order valence-corrected chi connectivity index (χ2v) is 17.3. The highest BCUT2D eigenvalue weighted by atomic mass is 16.7. The van der Waals surface area contributed by atoms with Crippen molar-refractivity contribution >= 4 is 11.9 Å². The summed E-state index contributed by atoms with van der Waals surface area (Å²) < 4.78 is 17.4. The van der Waals surface area contributed by atoms with Crippen molar-refractivity contribution in [3.05, 3.63) is 134 Å². The highest BCUT2D eigenvalue weighted by Crippen LogP contribution is 2.26. The zero-order chi connectivity index (χ0) is 50.4. The van der Waals surface area contributed by atoms with Crippen LogP contribution in [0.25, 0.3) is 0 Å². The fourth-order valence-corrected chi connectivity index (χ4v) is 7.06. The molecule has 0 aromatic carbocycles. The Kier molecular flexibility index (Phi) is 40.9. The van der Waals surface area contributed by atoms with Crippen molar-refractivity contribution < 1.29 is 49.3 Å². The molecule has 0 aromatic heterocycles. The first-order valence-corrected chi connectivity index (χ1v) is 26.0. The van der Waals surface area contributed by atoms with Crippen LogP contribution in [0.4, 0.5) is 0 Å². The second-order valence-electron chi connectivity index (χ2n) is 17.3. The zero-order valence-corrected chi connectivity index (χ0v) is 42.4. The van der Waals surface area contributed by atoms with Crippen molar-refractivity contribution in [2.75, 3.05) is 13.2 Å². The van der Waals surface area contributed by atoms with E-state index in [0.717, 1.165) is 64.2 Å². The van der Waals surface area contributed by atoms with E-state index in [1.54, 1.807) is 6.08 Å². The maximum absolute atomic E-state index is 13.3. The monoisotopic (exact) mass is 962 g/mol. The van der Waals surface area contributed by atoms with Crippen molar-refractivity contribution in [3.63, 3.8) is 0 Å². The lowest BCUT2D eigenvalue weighted by molar-refractivity contribution is -0.305. The van der Waals surface area contributed by atoms with Gasteiger partial charge in [0.15, 0.2) is 12.4 Å². The molecule has 1 fully saturated rings. The fourth-order valence-electron chi connectivity index (χ4n) is 7.06. The van der Waals surface area contributed by atoms with Crippen LogP contribution in [0.3, 0.4) is 0 Å². The number of aliphatic hydroxyl groups is 5. The number of hydrogen-bond acceptors (Lipinski definition) is 10. The number of nitrogens with one attached hydrogen (secondary N) is 1. The van der Waals surface area contributed by atoms with Gasteiger partial charge in [-0.2, -0.15) is 0 Å². The quantitative estimate of drug-likeness (QED) is 0.0150. The number of unbranched alkanes of at least 4 members (excludes halogenated alkanes) is 10. The highest BCUT2D eigenvalue weighted by molar-refractivity contribution is 5.80. The van der Waals surface area contributed by atoms with E-state index in [1.165, 1.54) is 38.5 Å². The fraction of sp³-hybridized carbons (Fsp3) is 0.586. The molecular weight excluding hydrogens is 871 g/mol. The van der Waals surface area contributed by atoms with E-state index >= 15 is 0 Å². The van der Waals surface area contributed by atoms with Gasteiger partial charge >= 0.3 is 5.97 Å². The summed E-state index contributed by atoms with van der Waals surface area (Å²) >= 11 is 0. The molecule has 0 aromatic rings. The Morgan fingerprint density at radius 3 is 1.70 bits per heavy atom. The SMILES string of the molecule is CC/C=C\C/C=C\C/C=C\C/C=C\C/C=C\CCC(O)C(=O)NC(COC1OC(CO)C(O)C(O)C1OC(=O)CCC/C=C/C=C\C=C/C=C/C=C/CC)C(O)/C=C/CCCCCCCCCCC. The molecule has 0 saturated carbocycles.